The molecule has 3 nitrogen and oxygen atoms in total. The van der Waals surface area contributed by atoms with Gasteiger partial charge < -0.3 is 5.73 Å². The second-order valence-corrected chi connectivity index (χ2v) is 3.97. The van der Waals surface area contributed by atoms with Crippen LogP contribution >= 0.6 is 15.9 Å². The molecular formula is C10H9BrFN3. The molecule has 3 N–H and O–H groups in total. The third-order valence-corrected chi connectivity index (χ3v) is 2.71. The summed E-state index contributed by atoms with van der Waals surface area (Å²) in [4.78, 5) is 0. The SMILES string of the molecule is NCc1cc(-c2ccc(Br)c(F)c2)n[nH]1. The number of aromatic amines is 1. The number of halogens is 2. The predicted octanol–water partition coefficient (Wildman–Crippen LogP) is 2.44. The van der Waals surface area contributed by atoms with Crippen LogP contribution in [0.2, 0.25) is 0 Å². The van der Waals surface area contributed by atoms with Crippen LogP contribution in [-0.4, -0.2) is 10.2 Å². The average Bonchev–Trinajstić information content (AvgIpc) is 2.70. The molecule has 0 aliphatic carbocycles. The summed E-state index contributed by atoms with van der Waals surface area (Å²) in [6.07, 6.45) is 0. The largest absolute Gasteiger partial charge is 0.325 e. The van der Waals surface area contributed by atoms with E-state index in [-0.39, 0.29) is 5.82 Å². The number of H-pyrrole nitrogens is 1. The van der Waals surface area contributed by atoms with Crippen molar-refractivity contribution in [1.29, 1.82) is 0 Å². The molecule has 5 heteroatoms. The lowest BCUT2D eigenvalue weighted by Crippen LogP contribution is -1.95. The van der Waals surface area contributed by atoms with Gasteiger partial charge in [0.05, 0.1) is 10.2 Å². The van der Waals surface area contributed by atoms with Crippen LogP contribution in [0.1, 0.15) is 5.69 Å². The number of hydrogen-bond donors (Lipinski definition) is 2. The minimum atomic E-state index is -0.301. The molecule has 15 heavy (non-hydrogen) atoms. The maximum atomic E-state index is 13.2. The molecule has 0 spiro atoms. The lowest BCUT2D eigenvalue weighted by atomic mass is 10.1. The van der Waals surface area contributed by atoms with E-state index in [1.54, 1.807) is 12.1 Å². The van der Waals surface area contributed by atoms with Crippen LogP contribution in [0.25, 0.3) is 11.3 Å². The van der Waals surface area contributed by atoms with Gasteiger partial charge in [0, 0.05) is 17.8 Å². The number of nitrogens with one attached hydrogen (secondary N) is 1. The predicted molar refractivity (Wildman–Crippen MR) is 59.6 cm³/mol. The third kappa shape index (κ3) is 2.08. The smallest absolute Gasteiger partial charge is 0.138 e. The Bertz CT molecular complexity index is 481. The number of nitrogens with zero attached hydrogens (tertiary/aromatic N) is 1. The van der Waals surface area contributed by atoms with Crippen molar-refractivity contribution in [2.75, 3.05) is 0 Å². The van der Waals surface area contributed by atoms with Gasteiger partial charge in [-0.2, -0.15) is 5.10 Å². The minimum absolute atomic E-state index is 0.301. The first-order chi connectivity index (χ1) is 7.20. The molecule has 0 unspecified atom stereocenters. The van der Waals surface area contributed by atoms with E-state index in [9.17, 15) is 4.39 Å². The monoisotopic (exact) mass is 269 g/mol. The molecule has 1 aromatic carbocycles. The lowest BCUT2D eigenvalue weighted by molar-refractivity contribution is 0.621. The van der Waals surface area contributed by atoms with Crippen molar-refractivity contribution in [1.82, 2.24) is 10.2 Å². The van der Waals surface area contributed by atoms with Crippen LogP contribution < -0.4 is 5.73 Å². The second kappa shape index (κ2) is 4.12. The zero-order valence-corrected chi connectivity index (χ0v) is 9.38. The summed E-state index contributed by atoms with van der Waals surface area (Å²) in [5.74, 6) is -0.301. The van der Waals surface area contributed by atoms with Crippen LogP contribution in [0, 0.1) is 5.82 Å². The first-order valence-corrected chi connectivity index (χ1v) is 5.20. The Morgan fingerprint density at radius 3 is 2.80 bits per heavy atom. The molecule has 0 fully saturated rings. The molecular weight excluding hydrogens is 261 g/mol. The van der Waals surface area contributed by atoms with Gasteiger partial charge in [-0.1, -0.05) is 6.07 Å². The van der Waals surface area contributed by atoms with E-state index in [2.05, 4.69) is 26.1 Å². The Hall–Kier alpha value is -1.20. The molecule has 2 rings (SSSR count). The van der Waals surface area contributed by atoms with Crippen LogP contribution in [-0.2, 0) is 6.54 Å². The quantitative estimate of drug-likeness (QED) is 0.880. The molecule has 1 heterocycles. The van der Waals surface area contributed by atoms with Crippen LogP contribution in [0.5, 0.6) is 0 Å². The lowest BCUT2D eigenvalue weighted by Gasteiger charge is -1.97. The topological polar surface area (TPSA) is 54.7 Å². The van der Waals surface area contributed by atoms with Crippen LogP contribution in [0.15, 0.2) is 28.7 Å². The molecule has 0 saturated carbocycles. The van der Waals surface area contributed by atoms with Crippen molar-refractivity contribution < 1.29 is 4.39 Å². The number of rotatable bonds is 2. The van der Waals surface area contributed by atoms with E-state index >= 15 is 0 Å². The molecule has 0 aliphatic rings. The van der Waals surface area contributed by atoms with Gasteiger partial charge >= 0.3 is 0 Å². The van der Waals surface area contributed by atoms with Gasteiger partial charge in [-0.05, 0) is 34.1 Å². The normalized spacial score (nSPS) is 10.6. The molecule has 0 bridgehead atoms. The van der Waals surface area contributed by atoms with Gasteiger partial charge in [-0.25, -0.2) is 4.39 Å². The first-order valence-electron chi connectivity index (χ1n) is 4.40. The van der Waals surface area contributed by atoms with E-state index in [0.717, 1.165) is 11.3 Å². The van der Waals surface area contributed by atoms with Gasteiger partial charge in [0.25, 0.3) is 0 Å². The summed E-state index contributed by atoms with van der Waals surface area (Å²) in [7, 11) is 0. The van der Waals surface area contributed by atoms with E-state index in [0.29, 0.717) is 16.7 Å². The summed E-state index contributed by atoms with van der Waals surface area (Å²) in [5.41, 5.74) is 7.69. The maximum Gasteiger partial charge on any atom is 0.138 e. The highest BCUT2D eigenvalue weighted by Crippen LogP contribution is 2.23. The molecule has 78 valence electrons. The Morgan fingerprint density at radius 2 is 2.20 bits per heavy atom. The van der Waals surface area contributed by atoms with Gasteiger partial charge in [-0.3, -0.25) is 5.10 Å². The highest BCUT2D eigenvalue weighted by molar-refractivity contribution is 9.10. The van der Waals surface area contributed by atoms with Gasteiger partial charge in [0.2, 0.25) is 0 Å². The summed E-state index contributed by atoms with van der Waals surface area (Å²) >= 11 is 3.10. The average molecular weight is 270 g/mol. The van der Waals surface area contributed by atoms with E-state index in [1.807, 2.05) is 6.07 Å². The van der Waals surface area contributed by atoms with Crippen molar-refractivity contribution >= 4 is 15.9 Å². The summed E-state index contributed by atoms with van der Waals surface area (Å²) in [6.45, 7) is 0.395. The van der Waals surface area contributed by atoms with Gasteiger partial charge in [0.1, 0.15) is 5.82 Å². The maximum absolute atomic E-state index is 13.2. The zero-order valence-electron chi connectivity index (χ0n) is 7.80. The summed E-state index contributed by atoms with van der Waals surface area (Å²) < 4.78 is 13.7. The summed E-state index contributed by atoms with van der Waals surface area (Å²) in [5, 5.41) is 6.82. The van der Waals surface area contributed by atoms with Crippen LogP contribution in [0.3, 0.4) is 0 Å². The Kier molecular flexibility index (Phi) is 2.83. The molecule has 1 aromatic heterocycles. The fourth-order valence-electron chi connectivity index (χ4n) is 1.27. The van der Waals surface area contributed by atoms with Gasteiger partial charge in [-0.15, -0.1) is 0 Å². The Balaban J connectivity index is 2.40. The first kappa shape index (κ1) is 10.3. The highest BCUT2D eigenvalue weighted by atomic mass is 79.9. The van der Waals surface area contributed by atoms with Gasteiger partial charge in [0.15, 0.2) is 0 Å². The van der Waals surface area contributed by atoms with E-state index in [4.69, 9.17) is 5.73 Å². The van der Waals surface area contributed by atoms with E-state index < -0.39 is 0 Å². The van der Waals surface area contributed by atoms with Crippen molar-refractivity contribution in [3.05, 3.63) is 40.2 Å². The summed E-state index contributed by atoms with van der Waals surface area (Å²) in [6, 6.07) is 6.69. The molecule has 0 saturated heterocycles. The molecule has 0 amide bonds. The number of aromatic nitrogens is 2. The Labute approximate surface area is 94.6 Å². The molecule has 0 aliphatic heterocycles. The number of benzene rings is 1. The fraction of sp³-hybridized carbons (Fsp3) is 0.100. The van der Waals surface area contributed by atoms with E-state index in [1.165, 1.54) is 6.07 Å². The number of hydrogen-bond acceptors (Lipinski definition) is 2. The van der Waals surface area contributed by atoms with Crippen LogP contribution in [0.4, 0.5) is 4.39 Å². The molecule has 0 atom stereocenters. The molecule has 0 radical (unpaired) electrons. The molecule has 2 aromatic rings. The number of nitrogens with two attached hydrogens (primary N) is 1. The highest BCUT2D eigenvalue weighted by Gasteiger charge is 2.06. The van der Waals surface area contributed by atoms with Crippen molar-refractivity contribution in [3.63, 3.8) is 0 Å². The standard InChI is InChI=1S/C10H9BrFN3/c11-8-2-1-6(3-9(8)12)10-4-7(5-13)14-15-10/h1-4H,5,13H2,(H,14,15). The third-order valence-electron chi connectivity index (χ3n) is 2.07. The fourth-order valence-corrected chi connectivity index (χ4v) is 1.52. The second-order valence-electron chi connectivity index (χ2n) is 3.11. The minimum Gasteiger partial charge on any atom is -0.325 e. The van der Waals surface area contributed by atoms with Crippen molar-refractivity contribution in [2.24, 2.45) is 5.73 Å². The Morgan fingerprint density at radius 1 is 1.40 bits per heavy atom. The zero-order chi connectivity index (χ0) is 10.8. The van der Waals surface area contributed by atoms with Crippen molar-refractivity contribution in [3.8, 4) is 11.3 Å². The van der Waals surface area contributed by atoms with Crippen molar-refractivity contribution in [2.45, 2.75) is 6.54 Å².